The van der Waals surface area contributed by atoms with Crippen LogP contribution in [0.15, 0.2) is 98.1 Å². The van der Waals surface area contributed by atoms with Crippen molar-refractivity contribution in [1.82, 2.24) is 0 Å². The fourth-order valence-electron chi connectivity index (χ4n) is 5.81. The van der Waals surface area contributed by atoms with Crippen molar-refractivity contribution in [2.75, 3.05) is 0 Å². The Balaban J connectivity index is 2.09. The van der Waals surface area contributed by atoms with Gasteiger partial charge in [-0.1, -0.05) is 98.1 Å². The summed E-state index contributed by atoms with van der Waals surface area (Å²) in [5.41, 5.74) is 3.05. The smallest absolute Gasteiger partial charge is 0.116 e. The minimum atomic E-state index is -1.21. The van der Waals surface area contributed by atoms with Gasteiger partial charge in [-0.3, -0.25) is 0 Å². The molecule has 0 heterocycles. The number of benzene rings is 5. The van der Waals surface area contributed by atoms with Crippen molar-refractivity contribution in [2.24, 2.45) is 0 Å². The lowest BCUT2D eigenvalue weighted by molar-refractivity contribution is 0.0786. The van der Waals surface area contributed by atoms with Crippen molar-refractivity contribution >= 4 is 33.1 Å². The van der Waals surface area contributed by atoms with Crippen LogP contribution in [0.25, 0.3) is 55.3 Å². The summed E-state index contributed by atoms with van der Waals surface area (Å²) < 4.78 is 0. The van der Waals surface area contributed by atoms with E-state index in [0.717, 1.165) is 32.7 Å². The zero-order valence-corrected chi connectivity index (χ0v) is 23.3. The topological polar surface area (TPSA) is 80.9 Å². The van der Waals surface area contributed by atoms with Crippen LogP contribution in [0.2, 0.25) is 0 Å². The van der Waals surface area contributed by atoms with Crippen molar-refractivity contribution in [1.29, 1.82) is 0 Å². The van der Waals surface area contributed by atoms with E-state index >= 15 is 0 Å². The molecule has 202 valence electrons. The molecule has 0 spiro atoms. The molecule has 4 heteroatoms. The Labute approximate surface area is 234 Å². The normalized spacial score (nSPS) is 12.2. The van der Waals surface area contributed by atoms with E-state index in [4.69, 9.17) is 0 Å². The highest BCUT2D eigenvalue weighted by molar-refractivity contribution is 6.23. The molecule has 0 fully saturated rings. The summed E-state index contributed by atoms with van der Waals surface area (Å²) in [6.07, 6.45) is 0. The molecule has 4 nitrogen and oxygen atoms in total. The van der Waals surface area contributed by atoms with E-state index in [9.17, 15) is 20.4 Å². The maximum absolute atomic E-state index is 11.3. The Morgan fingerprint density at radius 1 is 0.475 bits per heavy atom. The van der Waals surface area contributed by atoms with Crippen LogP contribution in [-0.2, 0) is 11.2 Å². The van der Waals surface area contributed by atoms with E-state index in [1.807, 2.05) is 84.9 Å². The summed E-state index contributed by atoms with van der Waals surface area (Å²) in [5.74, 6) is -0.186. The quantitative estimate of drug-likeness (QED) is 0.131. The van der Waals surface area contributed by atoms with Crippen molar-refractivity contribution in [3.8, 4) is 22.3 Å². The van der Waals surface area contributed by atoms with Gasteiger partial charge in [-0.05, 0) is 82.6 Å². The van der Waals surface area contributed by atoms with Gasteiger partial charge >= 0.3 is 0 Å². The molecule has 0 saturated carbocycles. The average molecular weight is 531 g/mol. The molecule has 0 amide bonds. The largest absolute Gasteiger partial charge is 0.508 e. The predicted molar refractivity (Wildman–Crippen MR) is 166 cm³/mol. The lowest BCUT2D eigenvalue weighted by Crippen LogP contribution is -2.18. The lowest BCUT2D eigenvalue weighted by atomic mass is 9.78. The molecular formula is C36H34O4. The number of aliphatic hydroxyl groups excluding tert-OH is 2. The number of aliphatic hydroxyl groups is 4. The molecule has 0 aromatic heterocycles. The molecule has 0 atom stereocenters. The second-order valence-electron chi connectivity index (χ2n) is 11.3. The van der Waals surface area contributed by atoms with E-state index < -0.39 is 11.2 Å². The highest BCUT2D eigenvalue weighted by Gasteiger charge is 2.30. The summed E-state index contributed by atoms with van der Waals surface area (Å²) in [4.78, 5) is 0. The molecule has 0 bridgehead atoms. The average Bonchev–Trinajstić information content (AvgIpc) is 2.89. The van der Waals surface area contributed by atoms with E-state index in [2.05, 4.69) is 13.2 Å². The second kappa shape index (κ2) is 9.67. The van der Waals surface area contributed by atoms with Crippen LogP contribution in [0.3, 0.4) is 0 Å². The number of fused-ring (bicyclic) bond motifs is 2. The van der Waals surface area contributed by atoms with Crippen molar-refractivity contribution < 1.29 is 20.4 Å². The Morgan fingerprint density at radius 2 is 0.775 bits per heavy atom. The Morgan fingerprint density at radius 3 is 1.02 bits per heavy atom. The molecule has 4 N–H and O–H groups in total. The first kappa shape index (κ1) is 27.2. The van der Waals surface area contributed by atoms with Gasteiger partial charge in [0, 0.05) is 11.1 Å². The van der Waals surface area contributed by atoms with Gasteiger partial charge in [0.1, 0.15) is 11.5 Å². The molecule has 5 aromatic rings. The van der Waals surface area contributed by atoms with Crippen LogP contribution in [-0.4, -0.2) is 20.4 Å². The van der Waals surface area contributed by atoms with Gasteiger partial charge in [-0.25, -0.2) is 0 Å². The van der Waals surface area contributed by atoms with Gasteiger partial charge < -0.3 is 20.4 Å². The molecule has 5 aromatic carbocycles. The fraction of sp³-hybridized carbons (Fsp3) is 0.167. The lowest BCUT2D eigenvalue weighted by Gasteiger charge is -2.28. The van der Waals surface area contributed by atoms with E-state index in [1.165, 1.54) is 0 Å². The zero-order valence-electron chi connectivity index (χ0n) is 23.3. The molecule has 0 unspecified atom stereocenters. The van der Waals surface area contributed by atoms with Crippen LogP contribution in [0.5, 0.6) is 0 Å². The third-order valence-electron chi connectivity index (χ3n) is 7.50. The minimum Gasteiger partial charge on any atom is -0.508 e. The molecule has 0 aliphatic rings. The second-order valence-corrected chi connectivity index (χ2v) is 11.3. The molecule has 0 saturated heterocycles. The van der Waals surface area contributed by atoms with Gasteiger partial charge in [0.05, 0.1) is 11.2 Å². The Kier molecular flexibility index (Phi) is 6.57. The summed E-state index contributed by atoms with van der Waals surface area (Å²) >= 11 is 0. The van der Waals surface area contributed by atoms with E-state index in [1.54, 1.807) is 27.7 Å². The highest BCUT2D eigenvalue weighted by Crippen LogP contribution is 2.50. The summed E-state index contributed by atoms with van der Waals surface area (Å²) in [7, 11) is 0. The van der Waals surface area contributed by atoms with Crippen molar-refractivity contribution in [3.05, 3.63) is 120 Å². The third kappa shape index (κ3) is 4.45. The minimum absolute atomic E-state index is 0.0930. The van der Waals surface area contributed by atoms with Gasteiger partial charge in [-0.2, -0.15) is 0 Å². The van der Waals surface area contributed by atoms with Crippen LogP contribution in [0.4, 0.5) is 0 Å². The SMILES string of the molecule is C=C(O)c1cccc(C(C)(C)O)c1-c1c2ccccc2c(-c2c(C(=C)O)cccc2C(C)(C)O)c2ccccc12. The van der Waals surface area contributed by atoms with Crippen molar-refractivity contribution in [2.45, 2.75) is 38.9 Å². The fourth-order valence-corrected chi connectivity index (χ4v) is 5.81. The van der Waals surface area contributed by atoms with Crippen LogP contribution in [0.1, 0.15) is 49.9 Å². The highest BCUT2D eigenvalue weighted by atomic mass is 16.3. The third-order valence-corrected chi connectivity index (χ3v) is 7.50. The molecule has 5 rings (SSSR count). The molecule has 0 aliphatic heterocycles. The van der Waals surface area contributed by atoms with Crippen molar-refractivity contribution in [3.63, 3.8) is 0 Å². The predicted octanol–water partition coefficient (Wildman–Crippen LogP) is 8.84. The number of hydrogen-bond donors (Lipinski definition) is 4. The van der Waals surface area contributed by atoms with Crippen LogP contribution >= 0.6 is 0 Å². The Hall–Kier alpha value is -4.38. The zero-order chi connectivity index (χ0) is 29.0. The summed E-state index contributed by atoms with van der Waals surface area (Å²) in [5, 5.41) is 47.5. The first-order valence-corrected chi connectivity index (χ1v) is 13.2. The molecule has 40 heavy (non-hydrogen) atoms. The van der Waals surface area contributed by atoms with E-state index in [-0.39, 0.29) is 11.5 Å². The summed E-state index contributed by atoms with van der Waals surface area (Å²) in [6, 6.07) is 26.9. The number of hydrogen-bond acceptors (Lipinski definition) is 4. The van der Waals surface area contributed by atoms with Crippen LogP contribution in [0, 0.1) is 0 Å². The maximum atomic E-state index is 11.3. The van der Waals surface area contributed by atoms with Gasteiger partial charge in [0.15, 0.2) is 0 Å². The van der Waals surface area contributed by atoms with Gasteiger partial charge in [0.25, 0.3) is 0 Å². The van der Waals surface area contributed by atoms with Gasteiger partial charge in [0.2, 0.25) is 0 Å². The van der Waals surface area contributed by atoms with Gasteiger partial charge in [-0.15, -0.1) is 0 Å². The molecule has 0 radical (unpaired) electrons. The molecule has 0 aliphatic carbocycles. The van der Waals surface area contributed by atoms with Crippen LogP contribution < -0.4 is 0 Å². The molecular weight excluding hydrogens is 496 g/mol. The maximum Gasteiger partial charge on any atom is 0.116 e. The standard InChI is InChI=1S/C36H34O4/c1-21(37)23-17-11-19-29(35(3,4)39)33(23)31-25-13-7-9-15-27(25)32(28-16-10-8-14-26(28)31)34-24(22(2)38)18-12-20-30(34)36(5,6)40/h7-20,37-40H,1-2H2,3-6H3. The van der Waals surface area contributed by atoms with E-state index in [0.29, 0.717) is 33.4 Å². The first-order chi connectivity index (χ1) is 18.8. The Bertz CT molecular complexity index is 1620. The number of rotatable bonds is 6. The summed E-state index contributed by atoms with van der Waals surface area (Å²) in [6.45, 7) is 14.6. The first-order valence-electron chi connectivity index (χ1n) is 13.2. The monoisotopic (exact) mass is 530 g/mol.